The van der Waals surface area contributed by atoms with Crippen LogP contribution < -0.4 is 10.2 Å². The highest BCUT2D eigenvalue weighted by Gasteiger charge is 2.37. The van der Waals surface area contributed by atoms with Crippen LogP contribution in [0.2, 0.25) is 0 Å². The van der Waals surface area contributed by atoms with Gasteiger partial charge in [0.1, 0.15) is 5.75 Å². The molecule has 0 amide bonds. The van der Waals surface area contributed by atoms with Gasteiger partial charge in [-0.05, 0) is 17.7 Å². The van der Waals surface area contributed by atoms with Gasteiger partial charge in [0.2, 0.25) is 5.69 Å². The lowest BCUT2D eigenvalue weighted by molar-refractivity contribution is -0.392. The van der Waals surface area contributed by atoms with Gasteiger partial charge in [-0.1, -0.05) is 12.1 Å². The molecule has 9 nitrogen and oxygen atoms in total. The Morgan fingerprint density at radius 2 is 1.70 bits per heavy atom. The smallest absolute Gasteiger partial charge is 0.416 e. The van der Waals surface area contributed by atoms with Crippen LogP contribution >= 0.6 is 0 Å². The monoisotopic (exact) mass is 384 g/mol. The molecule has 0 spiro atoms. The van der Waals surface area contributed by atoms with E-state index >= 15 is 0 Å². The summed E-state index contributed by atoms with van der Waals surface area (Å²) in [5.74, 6) is 0.491. The maximum absolute atomic E-state index is 12.8. The van der Waals surface area contributed by atoms with Crippen LogP contribution in [-0.4, -0.2) is 23.2 Å². The van der Waals surface area contributed by atoms with Crippen LogP contribution in [0.3, 0.4) is 0 Å². The summed E-state index contributed by atoms with van der Waals surface area (Å²) >= 11 is 0. The topological polar surface area (TPSA) is 120 Å². The molecule has 0 aromatic heterocycles. The van der Waals surface area contributed by atoms with E-state index in [-0.39, 0.29) is 12.1 Å². The predicted molar refractivity (Wildman–Crippen MR) is 89.0 cm³/mol. The summed E-state index contributed by atoms with van der Waals surface area (Å²) in [6.07, 6.45) is -3.81. The number of hydrazone groups is 1. The second kappa shape index (κ2) is 7.68. The van der Waals surface area contributed by atoms with Gasteiger partial charge in [0.05, 0.1) is 28.7 Å². The number of methoxy groups -OCH3 is 1. The van der Waals surface area contributed by atoms with Crippen molar-refractivity contribution in [3.05, 3.63) is 67.8 Å². The van der Waals surface area contributed by atoms with Crippen LogP contribution in [0.5, 0.6) is 5.75 Å². The van der Waals surface area contributed by atoms with Crippen molar-refractivity contribution in [1.82, 2.24) is 0 Å². The molecule has 0 aliphatic carbocycles. The third-order valence-electron chi connectivity index (χ3n) is 3.30. The van der Waals surface area contributed by atoms with Crippen molar-refractivity contribution in [3.8, 4) is 5.75 Å². The largest absolute Gasteiger partial charge is 0.497 e. The van der Waals surface area contributed by atoms with Crippen molar-refractivity contribution in [2.75, 3.05) is 12.5 Å². The molecule has 0 saturated heterocycles. The lowest BCUT2D eigenvalue weighted by atomic mass is 10.1. The van der Waals surface area contributed by atoms with Crippen LogP contribution in [0.25, 0.3) is 0 Å². The summed E-state index contributed by atoms with van der Waals surface area (Å²) in [5, 5.41) is 25.8. The number of benzene rings is 2. The molecule has 0 radical (unpaired) electrons. The van der Waals surface area contributed by atoms with Crippen LogP contribution in [0.4, 0.5) is 30.2 Å². The SMILES string of the molecule is COc1cccc(/C=N\Nc2c([N+](=O)[O-])cc(C(F)(F)F)cc2[N+](=O)[O-])c1. The van der Waals surface area contributed by atoms with Gasteiger partial charge in [-0.25, -0.2) is 0 Å². The molecule has 0 atom stereocenters. The minimum absolute atomic E-state index is 0.205. The molecular formula is C15H11F3N4O5. The van der Waals surface area contributed by atoms with Gasteiger partial charge in [0.15, 0.2) is 0 Å². The number of nitrogens with zero attached hydrogens (tertiary/aromatic N) is 3. The van der Waals surface area contributed by atoms with E-state index < -0.39 is 38.6 Å². The first-order valence-corrected chi connectivity index (χ1v) is 7.10. The van der Waals surface area contributed by atoms with Crippen LogP contribution in [0.15, 0.2) is 41.5 Å². The normalized spacial score (nSPS) is 11.4. The fraction of sp³-hybridized carbons (Fsp3) is 0.133. The Balaban J connectivity index is 2.46. The highest BCUT2D eigenvalue weighted by Crippen LogP contribution is 2.41. The predicted octanol–water partition coefficient (Wildman–Crippen LogP) is 3.98. The summed E-state index contributed by atoms with van der Waals surface area (Å²) in [6.45, 7) is 0. The van der Waals surface area contributed by atoms with Crippen molar-refractivity contribution in [3.63, 3.8) is 0 Å². The minimum atomic E-state index is -4.99. The number of rotatable bonds is 6. The van der Waals surface area contributed by atoms with Crippen LogP contribution in [-0.2, 0) is 6.18 Å². The number of alkyl halides is 3. The van der Waals surface area contributed by atoms with E-state index in [1.165, 1.54) is 13.3 Å². The van der Waals surface area contributed by atoms with Crippen molar-refractivity contribution >= 4 is 23.3 Å². The Morgan fingerprint density at radius 1 is 1.11 bits per heavy atom. The average molecular weight is 384 g/mol. The van der Waals surface area contributed by atoms with Crippen molar-refractivity contribution in [2.24, 2.45) is 5.10 Å². The summed E-state index contributed by atoms with van der Waals surface area (Å²) in [5.41, 5.74) is -1.96. The Hall–Kier alpha value is -3.70. The van der Waals surface area contributed by atoms with E-state index in [1.807, 2.05) is 0 Å². The van der Waals surface area contributed by atoms with Crippen molar-refractivity contribution in [1.29, 1.82) is 0 Å². The van der Waals surface area contributed by atoms with E-state index in [1.54, 1.807) is 24.3 Å². The maximum atomic E-state index is 12.8. The number of hydrogen-bond acceptors (Lipinski definition) is 7. The number of nitro groups is 2. The molecule has 0 bridgehead atoms. The lowest BCUT2D eigenvalue weighted by Gasteiger charge is -2.09. The molecule has 0 unspecified atom stereocenters. The fourth-order valence-corrected chi connectivity index (χ4v) is 2.07. The molecule has 142 valence electrons. The van der Waals surface area contributed by atoms with Crippen molar-refractivity contribution in [2.45, 2.75) is 6.18 Å². The van der Waals surface area contributed by atoms with E-state index in [4.69, 9.17) is 4.74 Å². The van der Waals surface area contributed by atoms with Gasteiger partial charge in [0.25, 0.3) is 0 Å². The highest BCUT2D eigenvalue weighted by molar-refractivity contribution is 5.82. The summed E-state index contributed by atoms with van der Waals surface area (Å²) in [6, 6.07) is 6.84. The molecule has 0 heterocycles. The van der Waals surface area contributed by atoms with Gasteiger partial charge in [-0.2, -0.15) is 18.3 Å². The van der Waals surface area contributed by atoms with E-state index in [2.05, 4.69) is 10.5 Å². The van der Waals surface area contributed by atoms with E-state index in [0.717, 1.165) is 0 Å². The van der Waals surface area contributed by atoms with Crippen LogP contribution in [0, 0.1) is 20.2 Å². The first-order chi connectivity index (χ1) is 12.6. The summed E-state index contributed by atoms with van der Waals surface area (Å²) in [7, 11) is 1.43. The molecule has 0 fully saturated rings. The number of nitro benzene ring substituents is 2. The van der Waals surface area contributed by atoms with Gasteiger partial charge in [-0.15, -0.1) is 0 Å². The minimum Gasteiger partial charge on any atom is -0.497 e. The zero-order valence-electron chi connectivity index (χ0n) is 13.6. The Labute approximate surface area is 149 Å². The first kappa shape index (κ1) is 19.6. The van der Waals surface area contributed by atoms with Crippen molar-refractivity contribution < 1.29 is 27.8 Å². The third kappa shape index (κ3) is 4.68. The number of hydrogen-bond donors (Lipinski definition) is 1. The highest BCUT2D eigenvalue weighted by atomic mass is 19.4. The molecule has 0 aliphatic heterocycles. The average Bonchev–Trinajstić information content (AvgIpc) is 2.60. The molecule has 1 N–H and O–H groups in total. The Morgan fingerprint density at radius 3 is 2.19 bits per heavy atom. The van der Waals surface area contributed by atoms with Crippen LogP contribution in [0.1, 0.15) is 11.1 Å². The maximum Gasteiger partial charge on any atom is 0.416 e. The zero-order valence-corrected chi connectivity index (χ0v) is 13.6. The Bertz CT molecular complexity index is 880. The molecule has 0 saturated carbocycles. The Kier molecular flexibility index (Phi) is 5.58. The molecule has 27 heavy (non-hydrogen) atoms. The van der Waals surface area contributed by atoms with Gasteiger partial charge in [-0.3, -0.25) is 25.7 Å². The van der Waals surface area contributed by atoms with Gasteiger partial charge in [0, 0.05) is 12.1 Å². The molecule has 2 aromatic rings. The second-order valence-corrected chi connectivity index (χ2v) is 5.05. The standard InChI is InChI=1S/C15H11F3N4O5/c1-27-11-4-2-3-9(5-11)8-19-20-14-12(21(23)24)6-10(15(16,17)18)7-13(14)22(25)26/h2-8,20H,1H3/b19-8-. The molecule has 12 heteroatoms. The molecule has 2 rings (SSSR count). The lowest BCUT2D eigenvalue weighted by Crippen LogP contribution is -2.09. The number of anilines is 1. The first-order valence-electron chi connectivity index (χ1n) is 7.10. The molecular weight excluding hydrogens is 373 g/mol. The van der Waals surface area contributed by atoms with E-state index in [9.17, 15) is 33.4 Å². The fourth-order valence-electron chi connectivity index (χ4n) is 2.07. The zero-order chi connectivity index (χ0) is 20.2. The molecule has 2 aromatic carbocycles. The second-order valence-electron chi connectivity index (χ2n) is 5.05. The number of nitrogens with one attached hydrogen (secondary N) is 1. The quantitative estimate of drug-likeness (QED) is 0.457. The molecule has 0 aliphatic rings. The third-order valence-corrected chi connectivity index (χ3v) is 3.30. The van der Waals surface area contributed by atoms with E-state index in [0.29, 0.717) is 11.3 Å². The number of halogens is 3. The van der Waals surface area contributed by atoms with Gasteiger partial charge < -0.3 is 4.74 Å². The summed E-state index contributed by atoms with van der Waals surface area (Å²) < 4.78 is 43.5. The summed E-state index contributed by atoms with van der Waals surface area (Å²) in [4.78, 5) is 19.9. The van der Waals surface area contributed by atoms with Gasteiger partial charge >= 0.3 is 17.6 Å². The number of ether oxygens (including phenoxy) is 1.